The predicted octanol–water partition coefficient (Wildman–Crippen LogP) is 0.365. The Balaban J connectivity index is 2.16. The van der Waals surface area contributed by atoms with Crippen LogP contribution in [0.3, 0.4) is 0 Å². The molecule has 5 unspecified atom stereocenters. The van der Waals surface area contributed by atoms with Crippen molar-refractivity contribution in [3.05, 3.63) is 0 Å². The summed E-state index contributed by atoms with van der Waals surface area (Å²) in [6, 6.07) is 0. The summed E-state index contributed by atoms with van der Waals surface area (Å²) in [7, 11) is 0. The van der Waals surface area contributed by atoms with Crippen LogP contribution < -0.4 is 0 Å². The Bertz CT molecular complexity index is 221. The highest BCUT2D eigenvalue weighted by molar-refractivity contribution is 6.33. The quantitative estimate of drug-likeness (QED) is 0.503. The normalized spacial score (nSPS) is 51.2. The number of alkyl halides is 2. The molecule has 1 heterocycles. The average Bonchev–Trinajstić information content (AvgIpc) is 2.38. The fraction of sp³-hybridized carbons (Fsp3) is 0.857. The molecule has 1 aliphatic carbocycles. The summed E-state index contributed by atoms with van der Waals surface area (Å²) in [5, 5.41) is 8.25. The molecule has 5 heteroatoms. The third-order valence-electron chi connectivity index (χ3n) is 2.58. The second kappa shape index (κ2) is 2.76. The number of ether oxygens (including phenoxy) is 1. The monoisotopic (exact) mass is 210 g/mol. The van der Waals surface area contributed by atoms with Crippen molar-refractivity contribution in [1.29, 1.82) is 0 Å². The van der Waals surface area contributed by atoms with E-state index in [9.17, 15) is 4.79 Å². The van der Waals surface area contributed by atoms with Gasteiger partial charge in [0, 0.05) is 5.92 Å². The number of carbonyl (C=O) groups excluding carboxylic acids is 1. The Kier molecular flexibility index (Phi) is 1.97. The van der Waals surface area contributed by atoms with E-state index < -0.39 is 6.10 Å². The molecule has 1 aliphatic heterocycles. The van der Waals surface area contributed by atoms with Gasteiger partial charge in [0.1, 0.15) is 6.10 Å². The fourth-order valence-electron chi connectivity index (χ4n) is 1.86. The Morgan fingerprint density at radius 1 is 1.42 bits per heavy atom. The number of aliphatic hydroxyl groups is 1. The lowest BCUT2D eigenvalue weighted by Crippen LogP contribution is -2.52. The molecule has 2 rings (SSSR count). The van der Waals surface area contributed by atoms with Crippen molar-refractivity contribution in [2.24, 2.45) is 11.8 Å². The maximum Gasteiger partial charge on any atom is 0.311 e. The van der Waals surface area contributed by atoms with Gasteiger partial charge in [0.25, 0.3) is 0 Å². The van der Waals surface area contributed by atoms with Gasteiger partial charge in [-0.1, -0.05) is 0 Å². The zero-order valence-electron chi connectivity index (χ0n) is 6.11. The zero-order chi connectivity index (χ0) is 8.88. The lowest BCUT2D eigenvalue weighted by Gasteiger charge is -2.39. The summed E-state index contributed by atoms with van der Waals surface area (Å²) >= 11 is 11.7. The van der Waals surface area contributed by atoms with Gasteiger partial charge in [-0.25, -0.2) is 0 Å². The molecule has 3 nitrogen and oxygen atoms in total. The van der Waals surface area contributed by atoms with E-state index in [-0.39, 0.29) is 35.2 Å². The van der Waals surface area contributed by atoms with Crippen LogP contribution in [0.15, 0.2) is 0 Å². The molecule has 2 aliphatic rings. The molecule has 0 aromatic rings. The topological polar surface area (TPSA) is 46.5 Å². The lowest BCUT2D eigenvalue weighted by molar-refractivity contribution is -0.145. The molecule has 0 aromatic heterocycles. The maximum atomic E-state index is 11.1. The number of esters is 1. The third-order valence-corrected chi connectivity index (χ3v) is 3.81. The highest BCUT2D eigenvalue weighted by atomic mass is 35.5. The van der Waals surface area contributed by atoms with Crippen LogP contribution in [0, 0.1) is 11.8 Å². The SMILES string of the molecule is O=C1OC(CO)C2C(Cl)C(Cl)C12. The number of cyclic esters (lactones) is 1. The molecule has 0 spiro atoms. The van der Waals surface area contributed by atoms with Crippen molar-refractivity contribution >= 4 is 29.2 Å². The second-order valence-electron chi connectivity index (χ2n) is 3.15. The van der Waals surface area contributed by atoms with Crippen molar-refractivity contribution < 1.29 is 14.6 Å². The average molecular weight is 211 g/mol. The minimum Gasteiger partial charge on any atom is -0.459 e. The fourth-order valence-corrected chi connectivity index (χ4v) is 2.78. The smallest absolute Gasteiger partial charge is 0.311 e. The first kappa shape index (κ1) is 8.60. The molecule has 1 saturated heterocycles. The maximum absolute atomic E-state index is 11.1. The minimum atomic E-state index is -0.444. The van der Waals surface area contributed by atoms with Gasteiger partial charge in [0.05, 0.1) is 23.3 Å². The summed E-state index contributed by atoms with van der Waals surface area (Å²) in [5.41, 5.74) is 0. The standard InChI is InChI=1S/C7H8Cl2O3/c8-5-3-2(1-10)12-7(11)4(3)6(5)9/h2-6,10H,1H2. The zero-order valence-corrected chi connectivity index (χ0v) is 7.63. The molecule has 0 amide bonds. The van der Waals surface area contributed by atoms with Gasteiger partial charge >= 0.3 is 5.97 Å². The molecule has 0 radical (unpaired) electrons. The van der Waals surface area contributed by atoms with Crippen LogP contribution in [0.2, 0.25) is 0 Å². The van der Waals surface area contributed by atoms with Gasteiger partial charge in [-0.05, 0) is 0 Å². The number of aliphatic hydroxyl groups excluding tert-OH is 1. The van der Waals surface area contributed by atoms with Crippen LogP contribution in [0.1, 0.15) is 0 Å². The first-order valence-corrected chi connectivity index (χ1v) is 4.63. The highest BCUT2D eigenvalue weighted by Crippen LogP contribution is 2.50. The van der Waals surface area contributed by atoms with E-state index in [4.69, 9.17) is 33.0 Å². The van der Waals surface area contributed by atoms with E-state index in [1.807, 2.05) is 0 Å². The minimum absolute atomic E-state index is 0.0910. The van der Waals surface area contributed by atoms with Gasteiger partial charge in [-0.15, -0.1) is 23.2 Å². The molecule has 1 N–H and O–H groups in total. The van der Waals surface area contributed by atoms with Crippen LogP contribution >= 0.6 is 23.2 Å². The first-order chi connectivity index (χ1) is 5.66. The predicted molar refractivity (Wildman–Crippen MR) is 43.2 cm³/mol. The number of carbonyl (C=O) groups is 1. The highest BCUT2D eigenvalue weighted by Gasteiger charge is 2.61. The molecule has 2 fully saturated rings. The van der Waals surface area contributed by atoms with E-state index in [0.717, 1.165) is 0 Å². The van der Waals surface area contributed by atoms with Crippen LogP contribution in [-0.4, -0.2) is 34.5 Å². The summed E-state index contributed by atoms with van der Waals surface area (Å²) in [6.45, 7) is -0.167. The van der Waals surface area contributed by atoms with E-state index in [1.54, 1.807) is 0 Å². The van der Waals surface area contributed by atoms with E-state index in [0.29, 0.717) is 0 Å². The molecule has 5 atom stereocenters. The second-order valence-corrected chi connectivity index (χ2v) is 4.16. The largest absolute Gasteiger partial charge is 0.459 e. The molecule has 0 bridgehead atoms. The number of fused-ring (bicyclic) bond motifs is 1. The molecule has 12 heavy (non-hydrogen) atoms. The molecule has 1 saturated carbocycles. The van der Waals surface area contributed by atoms with Gasteiger partial charge in [-0.2, -0.15) is 0 Å². The van der Waals surface area contributed by atoms with Crippen LogP contribution in [0.4, 0.5) is 0 Å². The lowest BCUT2D eigenvalue weighted by atomic mass is 9.72. The van der Waals surface area contributed by atoms with Gasteiger partial charge < -0.3 is 9.84 Å². The number of hydrogen-bond acceptors (Lipinski definition) is 3. The van der Waals surface area contributed by atoms with Gasteiger partial charge in [0.2, 0.25) is 0 Å². The third kappa shape index (κ3) is 0.902. The Hall–Kier alpha value is 0.01000. The summed E-state index contributed by atoms with van der Waals surface area (Å²) < 4.78 is 4.88. The first-order valence-electron chi connectivity index (χ1n) is 3.76. The molecular formula is C7H8Cl2O3. The van der Waals surface area contributed by atoms with Crippen molar-refractivity contribution in [3.63, 3.8) is 0 Å². The Labute approximate surface area is 79.6 Å². The van der Waals surface area contributed by atoms with Gasteiger partial charge in [0.15, 0.2) is 0 Å². The Morgan fingerprint density at radius 3 is 2.67 bits per heavy atom. The van der Waals surface area contributed by atoms with Crippen LogP contribution in [0.5, 0.6) is 0 Å². The van der Waals surface area contributed by atoms with Gasteiger partial charge in [-0.3, -0.25) is 4.79 Å². The summed E-state index contributed by atoms with van der Waals surface area (Å²) in [6.07, 6.45) is -0.444. The molecular weight excluding hydrogens is 203 g/mol. The summed E-state index contributed by atoms with van der Waals surface area (Å²) in [4.78, 5) is 11.1. The van der Waals surface area contributed by atoms with Crippen LogP contribution in [-0.2, 0) is 9.53 Å². The van der Waals surface area contributed by atoms with E-state index in [1.165, 1.54) is 0 Å². The molecule has 68 valence electrons. The number of rotatable bonds is 1. The van der Waals surface area contributed by atoms with Crippen molar-refractivity contribution in [2.75, 3.05) is 6.61 Å². The molecule has 0 aromatic carbocycles. The van der Waals surface area contributed by atoms with Crippen molar-refractivity contribution in [1.82, 2.24) is 0 Å². The number of halogens is 2. The van der Waals surface area contributed by atoms with Crippen molar-refractivity contribution in [2.45, 2.75) is 16.9 Å². The number of hydrogen-bond donors (Lipinski definition) is 1. The van der Waals surface area contributed by atoms with E-state index >= 15 is 0 Å². The van der Waals surface area contributed by atoms with E-state index in [2.05, 4.69) is 0 Å². The van der Waals surface area contributed by atoms with Crippen LogP contribution in [0.25, 0.3) is 0 Å². The Morgan fingerprint density at radius 2 is 2.08 bits per heavy atom. The summed E-state index contributed by atoms with van der Waals surface area (Å²) in [5.74, 6) is -0.714. The van der Waals surface area contributed by atoms with Crippen molar-refractivity contribution in [3.8, 4) is 0 Å².